The predicted molar refractivity (Wildman–Crippen MR) is 67.0 cm³/mol. The molecule has 1 heterocycles. The summed E-state index contributed by atoms with van der Waals surface area (Å²) in [7, 11) is -1.12. The lowest BCUT2D eigenvalue weighted by atomic mass is 10.1. The number of rotatable bonds is 4. The average Bonchev–Trinajstić information content (AvgIpc) is 2.26. The summed E-state index contributed by atoms with van der Waals surface area (Å²) >= 11 is 0. The molecule has 0 bridgehead atoms. The lowest BCUT2D eigenvalue weighted by Gasteiger charge is -2.30. The zero-order valence-corrected chi connectivity index (χ0v) is 10.8. The Morgan fingerprint density at radius 2 is 1.88 bits per heavy atom. The average molecular weight is 255 g/mol. The number of hydrogen-bond donors (Lipinski definition) is 1. The zero-order chi connectivity index (χ0) is 12.5. The summed E-state index contributed by atoms with van der Waals surface area (Å²) in [5, 5.41) is 3.31. The van der Waals surface area contributed by atoms with Crippen LogP contribution >= 0.6 is 0 Å². The van der Waals surface area contributed by atoms with Crippen LogP contribution in [0.3, 0.4) is 0 Å². The van der Waals surface area contributed by atoms with Crippen LogP contribution < -0.4 is 10.1 Å². The molecule has 1 aromatic rings. The van der Waals surface area contributed by atoms with E-state index in [0.29, 0.717) is 0 Å². The Morgan fingerprint density at radius 1 is 1.29 bits per heavy atom. The molecule has 1 aromatic carbocycles. The molecule has 1 saturated heterocycles. The minimum atomic E-state index is -2.75. The summed E-state index contributed by atoms with van der Waals surface area (Å²) in [6, 6.07) is 8.04. The van der Waals surface area contributed by atoms with Gasteiger partial charge < -0.3 is 10.1 Å². The highest BCUT2D eigenvalue weighted by molar-refractivity contribution is 7.92. The van der Waals surface area contributed by atoms with E-state index in [9.17, 15) is 8.42 Å². The first-order valence-corrected chi connectivity index (χ1v) is 7.43. The molecule has 0 spiro atoms. The van der Waals surface area contributed by atoms with Crippen molar-refractivity contribution < 1.29 is 13.2 Å². The van der Waals surface area contributed by atoms with Crippen molar-refractivity contribution in [3.63, 3.8) is 0 Å². The maximum Gasteiger partial charge on any atom is 0.153 e. The molecule has 0 radical (unpaired) electrons. The Bertz CT molecular complexity index is 469. The Balaban J connectivity index is 1.93. The van der Waals surface area contributed by atoms with Crippen LogP contribution in [0.5, 0.6) is 5.75 Å². The Kier molecular flexibility index (Phi) is 3.40. The van der Waals surface area contributed by atoms with Crippen molar-refractivity contribution in [2.45, 2.75) is 19.0 Å². The Labute approximate surface area is 102 Å². The minimum absolute atomic E-state index is 0.0945. The van der Waals surface area contributed by atoms with Gasteiger partial charge in [-0.3, -0.25) is 0 Å². The summed E-state index contributed by atoms with van der Waals surface area (Å²) < 4.78 is 27.2. The first-order valence-electron chi connectivity index (χ1n) is 5.60. The van der Waals surface area contributed by atoms with Gasteiger partial charge in [0.2, 0.25) is 0 Å². The van der Waals surface area contributed by atoms with Gasteiger partial charge in [0.25, 0.3) is 0 Å². The maximum atomic E-state index is 11.0. The maximum absolute atomic E-state index is 11.0. The van der Waals surface area contributed by atoms with E-state index in [1.165, 1.54) is 0 Å². The summed E-state index contributed by atoms with van der Waals surface area (Å²) in [5.74, 6) is 1.34. The molecule has 1 fully saturated rings. The Morgan fingerprint density at radius 3 is 2.35 bits per heavy atom. The van der Waals surface area contributed by atoms with E-state index in [0.717, 1.165) is 11.3 Å². The van der Waals surface area contributed by atoms with E-state index < -0.39 is 9.84 Å². The van der Waals surface area contributed by atoms with Crippen molar-refractivity contribution in [3.8, 4) is 5.75 Å². The number of nitrogens with one attached hydrogen (secondary N) is 1. The number of sulfone groups is 1. The zero-order valence-electron chi connectivity index (χ0n) is 10.0. The summed E-state index contributed by atoms with van der Waals surface area (Å²) in [6.45, 7) is 2.03. The molecule has 94 valence electrons. The first-order chi connectivity index (χ1) is 8.00. The molecule has 0 saturated carbocycles. The van der Waals surface area contributed by atoms with Gasteiger partial charge in [-0.15, -0.1) is 0 Å². The van der Waals surface area contributed by atoms with Gasteiger partial charge in [-0.1, -0.05) is 12.1 Å². The molecule has 0 amide bonds. The van der Waals surface area contributed by atoms with E-state index in [2.05, 4.69) is 5.32 Å². The molecule has 5 heteroatoms. The van der Waals surface area contributed by atoms with Gasteiger partial charge in [0.05, 0.1) is 18.6 Å². The van der Waals surface area contributed by atoms with Gasteiger partial charge in [-0.2, -0.15) is 0 Å². The smallest absolute Gasteiger partial charge is 0.153 e. The van der Waals surface area contributed by atoms with Crippen molar-refractivity contribution in [1.29, 1.82) is 0 Å². The highest BCUT2D eigenvalue weighted by Crippen LogP contribution is 2.20. The van der Waals surface area contributed by atoms with Crippen LogP contribution in [0.15, 0.2) is 24.3 Å². The summed E-state index contributed by atoms with van der Waals surface area (Å²) in [4.78, 5) is 0. The van der Waals surface area contributed by atoms with E-state index in [4.69, 9.17) is 4.74 Å². The molecular weight excluding hydrogens is 238 g/mol. The molecular formula is C12H17NO3S. The van der Waals surface area contributed by atoms with Crippen LogP contribution in [-0.2, 0) is 9.84 Å². The minimum Gasteiger partial charge on any atom is -0.497 e. The third-order valence-electron chi connectivity index (χ3n) is 3.01. The van der Waals surface area contributed by atoms with Crippen LogP contribution in [-0.4, -0.2) is 33.1 Å². The topological polar surface area (TPSA) is 55.4 Å². The third kappa shape index (κ3) is 2.98. The number of ether oxygens (including phenoxy) is 1. The van der Waals surface area contributed by atoms with Crippen molar-refractivity contribution in [3.05, 3.63) is 29.8 Å². The third-order valence-corrected chi connectivity index (χ3v) is 4.83. The van der Waals surface area contributed by atoms with Crippen LogP contribution in [0.1, 0.15) is 18.5 Å². The number of methoxy groups -OCH3 is 1. The summed E-state index contributed by atoms with van der Waals surface area (Å²) in [5.41, 5.74) is 1.13. The van der Waals surface area contributed by atoms with Gasteiger partial charge >= 0.3 is 0 Å². The molecule has 1 unspecified atom stereocenters. The SMILES string of the molecule is COc1ccc(C(C)NC2CS(=O)(=O)C2)cc1. The molecule has 17 heavy (non-hydrogen) atoms. The van der Waals surface area contributed by atoms with Crippen molar-refractivity contribution in [1.82, 2.24) is 5.32 Å². The van der Waals surface area contributed by atoms with Crippen LogP contribution in [0.25, 0.3) is 0 Å². The molecule has 4 nitrogen and oxygen atoms in total. The number of benzene rings is 1. The van der Waals surface area contributed by atoms with Gasteiger partial charge in [-0.05, 0) is 24.6 Å². The molecule has 1 atom stereocenters. The molecule has 2 rings (SSSR count). The second-order valence-electron chi connectivity index (χ2n) is 4.44. The van der Waals surface area contributed by atoms with Crippen LogP contribution in [0.2, 0.25) is 0 Å². The Hall–Kier alpha value is -1.07. The highest BCUT2D eigenvalue weighted by atomic mass is 32.2. The fourth-order valence-corrected chi connectivity index (χ4v) is 3.32. The predicted octanol–water partition coefficient (Wildman–Crippen LogP) is 1.14. The monoisotopic (exact) mass is 255 g/mol. The lowest BCUT2D eigenvalue weighted by Crippen LogP contribution is -2.51. The van der Waals surface area contributed by atoms with Gasteiger partial charge in [-0.25, -0.2) is 8.42 Å². The van der Waals surface area contributed by atoms with E-state index in [1.54, 1.807) is 7.11 Å². The van der Waals surface area contributed by atoms with E-state index in [1.807, 2.05) is 31.2 Å². The van der Waals surface area contributed by atoms with Gasteiger partial charge in [0.15, 0.2) is 9.84 Å². The second kappa shape index (κ2) is 4.66. The molecule has 0 aromatic heterocycles. The van der Waals surface area contributed by atoms with Crippen LogP contribution in [0, 0.1) is 0 Å². The first kappa shape index (κ1) is 12.4. The highest BCUT2D eigenvalue weighted by Gasteiger charge is 2.33. The molecule has 1 aliphatic rings. The van der Waals surface area contributed by atoms with Crippen molar-refractivity contribution in [2.75, 3.05) is 18.6 Å². The van der Waals surface area contributed by atoms with Crippen molar-refractivity contribution in [2.24, 2.45) is 0 Å². The van der Waals surface area contributed by atoms with Gasteiger partial charge in [0, 0.05) is 12.1 Å². The molecule has 0 aliphatic carbocycles. The van der Waals surface area contributed by atoms with Crippen molar-refractivity contribution >= 4 is 9.84 Å². The molecule has 1 aliphatic heterocycles. The van der Waals surface area contributed by atoms with Gasteiger partial charge in [0.1, 0.15) is 5.75 Å². The largest absolute Gasteiger partial charge is 0.497 e. The number of hydrogen-bond acceptors (Lipinski definition) is 4. The quantitative estimate of drug-likeness (QED) is 0.876. The van der Waals surface area contributed by atoms with E-state index in [-0.39, 0.29) is 23.6 Å². The normalized spacial score (nSPS) is 20.6. The molecule has 1 N–H and O–H groups in total. The van der Waals surface area contributed by atoms with E-state index >= 15 is 0 Å². The fraction of sp³-hybridized carbons (Fsp3) is 0.500. The lowest BCUT2D eigenvalue weighted by molar-refractivity contribution is 0.414. The van der Waals surface area contributed by atoms with Crippen LogP contribution in [0.4, 0.5) is 0 Å². The second-order valence-corrected chi connectivity index (χ2v) is 6.59. The fourth-order valence-electron chi connectivity index (χ4n) is 2.00. The summed E-state index contributed by atoms with van der Waals surface area (Å²) in [6.07, 6.45) is 0. The standard InChI is InChI=1S/C12H17NO3S/c1-9(13-11-7-17(14,15)8-11)10-3-5-12(16-2)6-4-10/h3-6,9,11,13H,7-8H2,1-2H3.